The van der Waals surface area contributed by atoms with Crippen LogP contribution in [0.3, 0.4) is 0 Å². The first-order valence-electron chi connectivity index (χ1n) is 5.74. The van der Waals surface area contributed by atoms with Gasteiger partial charge in [0.15, 0.2) is 9.84 Å². The van der Waals surface area contributed by atoms with Crippen LogP contribution < -0.4 is 10.6 Å². The molecule has 1 aliphatic rings. The van der Waals surface area contributed by atoms with Crippen LogP contribution in [-0.2, 0) is 21.1 Å². The summed E-state index contributed by atoms with van der Waals surface area (Å²) in [7, 11) is -3.31. The summed E-state index contributed by atoms with van der Waals surface area (Å²) in [5.74, 6) is -0.842. The van der Waals surface area contributed by atoms with E-state index in [9.17, 15) is 13.2 Å². The fourth-order valence-corrected chi connectivity index (χ4v) is 2.82. The van der Waals surface area contributed by atoms with Gasteiger partial charge in [-0.05, 0) is 30.5 Å². The molecule has 0 radical (unpaired) electrons. The Morgan fingerprint density at radius 3 is 2.83 bits per heavy atom. The molecule has 0 bridgehead atoms. The number of hydrogen-bond donors (Lipinski definition) is 1. The van der Waals surface area contributed by atoms with Crippen LogP contribution in [0.25, 0.3) is 0 Å². The van der Waals surface area contributed by atoms with Crippen molar-refractivity contribution >= 4 is 27.1 Å². The zero-order chi connectivity index (χ0) is 13.3. The third-order valence-corrected chi connectivity index (χ3v) is 3.74. The average molecular weight is 268 g/mol. The predicted octanol–water partition coefficient (Wildman–Crippen LogP) is 0.593. The third kappa shape index (κ3) is 2.64. The van der Waals surface area contributed by atoms with E-state index < -0.39 is 15.6 Å². The van der Waals surface area contributed by atoms with E-state index >= 15 is 0 Å². The molecule has 1 aromatic carbocycles. The molecule has 18 heavy (non-hydrogen) atoms. The summed E-state index contributed by atoms with van der Waals surface area (Å²) in [6, 6.07) is 5.38. The van der Waals surface area contributed by atoms with Gasteiger partial charge >= 0.3 is 0 Å². The van der Waals surface area contributed by atoms with Crippen LogP contribution in [0.5, 0.6) is 0 Å². The second-order valence-corrected chi connectivity index (χ2v) is 6.70. The second-order valence-electron chi connectivity index (χ2n) is 4.56. The number of nitrogen functional groups attached to an aromatic ring is 1. The molecule has 6 heteroatoms. The maximum Gasteiger partial charge on any atom is 0.242 e. The average Bonchev–Trinajstić information content (AvgIpc) is 2.26. The monoisotopic (exact) mass is 268 g/mol. The summed E-state index contributed by atoms with van der Waals surface area (Å²) in [5, 5.41) is 0. The molecule has 98 valence electrons. The zero-order valence-electron chi connectivity index (χ0n) is 10.2. The molecule has 2 N–H and O–H groups in total. The van der Waals surface area contributed by atoms with Crippen LogP contribution in [0.15, 0.2) is 18.2 Å². The molecular formula is C12H16N2O3S. The first kappa shape index (κ1) is 12.9. The van der Waals surface area contributed by atoms with Crippen molar-refractivity contribution in [1.82, 2.24) is 0 Å². The normalized spacial score (nSPS) is 15.3. The number of benzene rings is 1. The quantitative estimate of drug-likeness (QED) is 0.796. The molecule has 0 spiro atoms. The van der Waals surface area contributed by atoms with E-state index in [0.29, 0.717) is 12.2 Å². The van der Waals surface area contributed by atoms with Crippen molar-refractivity contribution in [2.75, 3.05) is 29.2 Å². The summed E-state index contributed by atoms with van der Waals surface area (Å²) in [6.07, 6.45) is 2.69. The lowest BCUT2D eigenvalue weighted by molar-refractivity contribution is -0.116. The SMILES string of the molecule is CS(=O)(=O)CC(=O)N1CCCc2c(N)cccc21. The van der Waals surface area contributed by atoms with Crippen LogP contribution in [0.2, 0.25) is 0 Å². The maximum absolute atomic E-state index is 12.0. The Balaban J connectivity index is 2.33. The standard InChI is InChI=1S/C12H16N2O3S/c1-18(16,17)8-12(15)14-7-3-4-9-10(13)5-2-6-11(9)14/h2,5-6H,3-4,7-8,13H2,1H3. The highest BCUT2D eigenvalue weighted by Gasteiger charge is 2.25. The highest BCUT2D eigenvalue weighted by molar-refractivity contribution is 7.91. The first-order valence-corrected chi connectivity index (χ1v) is 7.80. The van der Waals surface area contributed by atoms with Gasteiger partial charge < -0.3 is 10.6 Å². The number of nitrogens with two attached hydrogens (primary N) is 1. The molecule has 1 heterocycles. The number of fused-ring (bicyclic) bond motifs is 1. The van der Waals surface area contributed by atoms with Crippen molar-refractivity contribution in [2.45, 2.75) is 12.8 Å². The van der Waals surface area contributed by atoms with E-state index in [0.717, 1.165) is 30.3 Å². The van der Waals surface area contributed by atoms with Crippen LogP contribution in [0, 0.1) is 0 Å². The van der Waals surface area contributed by atoms with Gasteiger partial charge in [0.1, 0.15) is 5.75 Å². The first-order chi connectivity index (χ1) is 8.38. The van der Waals surface area contributed by atoms with E-state index in [1.165, 1.54) is 4.90 Å². The van der Waals surface area contributed by atoms with Crippen molar-refractivity contribution in [1.29, 1.82) is 0 Å². The van der Waals surface area contributed by atoms with Crippen molar-refractivity contribution in [3.05, 3.63) is 23.8 Å². The summed E-state index contributed by atoms with van der Waals surface area (Å²) in [6.45, 7) is 0.546. The Morgan fingerprint density at radius 1 is 1.44 bits per heavy atom. The lowest BCUT2D eigenvalue weighted by atomic mass is 10.00. The minimum absolute atomic E-state index is 0.385. The van der Waals surface area contributed by atoms with Gasteiger partial charge in [-0.25, -0.2) is 8.42 Å². The van der Waals surface area contributed by atoms with E-state index in [1.807, 2.05) is 6.07 Å². The van der Waals surface area contributed by atoms with Crippen LogP contribution in [-0.4, -0.2) is 32.9 Å². The van der Waals surface area contributed by atoms with Crippen molar-refractivity contribution < 1.29 is 13.2 Å². The van der Waals surface area contributed by atoms with Gasteiger partial charge in [0.05, 0.1) is 0 Å². The number of carbonyl (C=O) groups is 1. The van der Waals surface area contributed by atoms with Gasteiger partial charge in [0.2, 0.25) is 5.91 Å². The van der Waals surface area contributed by atoms with Gasteiger partial charge in [-0.3, -0.25) is 4.79 Å². The Morgan fingerprint density at radius 2 is 2.17 bits per heavy atom. The van der Waals surface area contributed by atoms with Gasteiger partial charge in [0, 0.05) is 24.2 Å². The summed E-state index contributed by atoms with van der Waals surface area (Å²) in [4.78, 5) is 13.5. The smallest absolute Gasteiger partial charge is 0.242 e. The fraction of sp³-hybridized carbons (Fsp3) is 0.417. The highest BCUT2D eigenvalue weighted by Crippen LogP contribution is 2.31. The predicted molar refractivity (Wildman–Crippen MR) is 71.2 cm³/mol. The molecule has 1 aliphatic heterocycles. The van der Waals surface area contributed by atoms with E-state index in [-0.39, 0.29) is 5.91 Å². The highest BCUT2D eigenvalue weighted by atomic mass is 32.2. The van der Waals surface area contributed by atoms with Crippen LogP contribution in [0.4, 0.5) is 11.4 Å². The molecule has 0 saturated carbocycles. The Kier molecular flexibility index (Phi) is 3.30. The number of anilines is 2. The van der Waals surface area contributed by atoms with Gasteiger partial charge in [0.25, 0.3) is 0 Å². The number of amides is 1. The molecule has 2 rings (SSSR count). The van der Waals surface area contributed by atoms with E-state index in [1.54, 1.807) is 12.1 Å². The second kappa shape index (κ2) is 4.61. The summed E-state index contributed by atoms with van der Waals surface area (Å²) in [5.41, 5.74) is 8.21. The molecule has 0 saturated heterocycles. The number of rotatable bonds is 2. The molecule has 0 fully saturated rings. The van der Waals surface area contributed by atoms with Crippen LogP contribution >= 0.6 is 0 Å². The number of hydrogen-bond acceptors (Lipinski definition) is 4. The molecule has 1 aromatic rings. The topological polar surface area (TPSA) is 80.5 Å². The molecule has 0 aromatic heterocycles. The van der Waals surface area contributed by atoms with Crippen molar-refractivity contribution in [3.63, 3.8) is 0 Å². The number of carbonyl (C=O) groups excluding carboxylic acids is 1. The third-order valence-electron chi connectivity index (χ3n) is 2.97. The number of nitrogens with zero attached hydrogens (tertiary/aromatic N) is 1. The maximum atomic E-state index is 12.0. The fourth-order valence-electron chi connectivity index (χ4n) is 2.21. The Hall–Kier alpha value is -1.56. The molecular weight excluding hydrogens is 252 g/mol. The Labute approximate surface area is 107 Å². The van der Waals surface area contributed by atoms with Gasteiger partial charge in [-0.2, -0.15) is 0 Å². The molecule has 0 atom stereocenters. The summed E-state index contributed by atoms with van der Waals surface area (Å²) >= 11 is 0. The largest absolute Gasteiger partial charge is 0.398 e. The Bertz CT molecular complexity index is 581. The minimum Gasteiger partial charge on any atom is -0.398 e. The van der Waals surface area contributed by atoms with Crippen molar-refractivity contribution in [2.24, 2.45) is 0 Å². The lowest BCUT2D eigenvalue weighted by Gasteiger charge is -2.30. The van der Waals surface area contributed by atoms with E-state index in [2.05, 4.69) is 0 Å². The zero-order valence-corrected chi connectivity index (χ0v) is 11.0. The van der Waals surface area contributed by atoms with Crippen LogP contribution in [0.1, 0.15) is 12.0 Å². The lowest BCUT2D eigenvalue weighted by Crippen LogP contribution is -2.39. The number of sulfone groups is 1. The van der Waals surface area contributed by atoms with Crippen molar-refractivity contribution in [3.8, 4) is 0 Å². The molecule has 1 amide bonds. The summed E-state index contributed by atoms with van der Waals surface area (Å²) < 4.78 is 22.4. The molecule has 0 unspecified atom stereocenters. The minimum atomic E-state index is -3.31. The molecule has 5 nitrogen and oxygen atoms in total. The van der Waals surface area contributed by atoms with Gasteiger partial charge in [-0.15, -0.1) is 0 Å². The van der Waals surface area contributed by atoms with E-state index in [4.69, 9.17) is 5.73 Å². The van der Waals surface area contributed by atoms with Gasteiger partial charge in [-0.1, -0.05) is 6.07 Å². The molecule has 0 aliphatic carbocycles.